The van der Waals surface area contributed by atoms with Gasteiger partial charge in [-0.2, -0.15) is 0 Å². The van der Waals surface area contributed by atoms with Crippen molar-refractivity contribution in [1.82, 2.24) is 15.3 Å². The molecule has 1 N–H and O–H groups in total. The molecule has 0 aliphatic rings. The van der Waals surface area contributed by atoms with Crippen LogP contribution < -0.4 is 5.32 Å². The van der Waals surface area contributed by atoms with Gasteiger partial charge in [0.2, 0.25) is 0 Å². The van der Waals surface area contributed by atoms with Gasteiger partial charge in [0, 0.05) is 24.4 Å². The van der Waals surface area contributed by atoms with E-state index in [1.165, 1.54) is 0 Å². The molecule has 0 aliphatic carbocycles. The molecule has 0 aromatic carbocycles. The van der Waals surface area contributed by atoms with Crippen LogP contribution in [0.2, 0.25) is 0 Å². The van der Waals surface area contributed by atoms with Crippen LogP contribution in [-0.4, -0.2) is 22.6 Å². The molecule has 0 radical (unpaired) electrons. The minimum atomic E-state index is 0.250. The van der Waals surface area contributed by atoms with E-state index in [1.54, 1.807) is 6.33 Å². The molecule has 0 saturated carbocycles. The highest BCUT2D eigenvalue weighted by Crippen LogP contribution is 2.21. The van der Waals surface area contributed by atoms with Crippen molar-refractivity contribution < 1.29 is 0 Å². The van der Waals surface area contributed by atoms with Gasteiger partial charge < -0.3 is 5.32 Å². The maximum Gasteiger partial charge on any atom is 0.115 e. The standard InChI is InChI=1S/C13H23N3/c1-5-7-15-12(13(2,3)4)9-11-6-8-14-10-16-11/h6,8,10,12,15H,5,7,9H2,1-4H3. The molecule has 0 bridgehead atoms. The Balaban J connectivity index is 2.64. The molecule has 3 heteroatoms. The highest BCUT2D eigenvalue weighted by atomic mass is 14.9. The van der Waals surface area contributed by atoms with Crippen molar-refractivity contribution >= 4 is 0 Å². The topological polar surface area (TPSA) is 37.8 Å². The Morgan fingerprint density at radius 3 is 2.62 bits per heavy atom. The minimum Gasteiger partial charge on any atom is -0.313 e. The summed E-state index contributed by atoms with van der Waals surface area (Å²) in [6, 6.07) is 2.45. The fourth-order valence-corrected chi connectivity index (χ4v) is 1.65. The van der Waals surface area contributed by atoms with Gasteiger partial charge in [0.05, 0.1) is 0 Å². The van der Waals surface area contributed by atoms with Crippen molar-refractivity contribution in [2.75, 3.05) is 6.54 Å². The van der Waals surface area contributed by atoms with Gasteiger partial charge in [-0.05, 0) is 24.4 Å². The predicted molar refractivity (Wildman–Crippen MR) is 67.3 cm³/mol. The number of rotatable bonds is 5. The van der Waals surface area contributed by atoms with Crippen molar-refractivity contribution in [2.45, 2.75) is 46.6 Å². The first-order valence-electron chi connectivity index (χ1n) is 6.02. The van der Waals surface area contributed by atoms with E-state index in [0.29, 0.717) is 6.04 Å². The Labute approximate surface area is 98.7 Å². The fraction of sp³-hybridized carbons (Fsp3) is 0.692. The van der Waals surface area contributed by atoms with Gasteiger partial charge in [0.1, 0.15) is 6.33 Å². The SMILES string of the molecule is CCCNC(Cc1ccncn1)C(C)(C)C. The maximum atomic E-state index is 4.29. The lowest BCUT2D eigenvalue weighted by molar-refractivity contribution is 0.265. The summed E-state index contributed by atoms with van der Waals surface area (Å²) in [5.41, 5.74) is 1.36. The molecule has 1 unspecified atom stereocenters. The first-order valence-corrected chi connectivity index (χ1v) is 6.02. The monoisotopic (exact) mass is 221 g/mol. The van der Waals surface area contributed by atoms with Crippen LogP contribution in [0.1, 0.15) is 39.8 Å². The van der Waals surface area contributed by atoms with Gasteiger partial charge in [-0.3, -0.25) is 0 Å². The highest BCUT2D eigenvalue weighted by Gasteiger charge is 2.24. The van der Waals surface area contributed by atoms with Crippen molar-refractivity contribution in [1.29, 1.82) is 0 Å². The molecule has 90 valence electrons. The zero-order chi connectivity index (χ0) is 12.0. The number of hydrogen-bond donors (Lipinski definition) is 1. The van der Waals surface area contributed by atoms with Gasteiger partial charge in [0.25, 0.3) is 0 Å². The van der Waals surface area contributed by atoms with Crippen LogP contribution >= 0.6 is 0 Å². The Morgan fingerprint density at radius 1 is 1.38 bits per heavy atom. The third kappa shape index (κ3) is 4.27. The van der Waals surface area contributed by atoms with Crippen LogP contribution in [0.4, 0.5) is 0 Å². The Kier molecular flexibility index (Phi) is 4.87. The first kappa shape index (κ1) is 13.1. The van der Waals surface area contributed by atoms with Crippen LogP contribution in [0.5, 0.6) is 0 Å². The zero-order valence-electron chi connectivity index (χ0n) is 10.8. The molecule has 1 aromatic heterocycles. The highest BCUT2D eigenvalue weighted by molar-refractivity contribution is 5.02. The Morgan fingerprint density at radius 2 is 2.12 bits per heavy atom. The molecule has 16 heavy (non-hydrogen) atoms. The second kappa shape index (κ2) is 5.94. The lowest BCUT2D eigenvalue weighted by atomic mass is 9.84. The van der Waals surface area contributed by atoms with Crippen LogP contribution in [0.15, 0.2) is 18.6 Å². The predicted octanol–water partition coefficient (Wildman–Crippen LogP) is 2.43. The molecule has 0 spiro atoms. The van der Waals surface area contributed by atoms with Gasteiger partial charge in [-0.1, -0.05) is 27.7 Å². The largest absolute Gasteiger partial charge is 0.313 e. The van der Waals surface area contributed by atoms with E-state index >= 15 is 0 Å². The van der Waals surface area contributed by atoms with E-state index in [0.717, 1.165) is 25.1 Å². The quantitative estimate of drug-likeness (QED) is 0.830. The average molecular weight is 221 g/mol. The molecule has 0 fully saturated rings. The zero-order valence-corrected chi connectivity index (χ0v) is 10.8. The Bertz CT molecular complexity index is 290. The van der Waals surface area contributed by atoms with Crippen LogP contribution in [0.3, 0.4) is 0 Å². The van der Waals surface area contributed by atoms with Crippen LogP contribution in [0, 0.1) is 5.41 Å². The average Bonchev–Trinajstić information content (AvgIpc) is 2.24. The summed E-state index contributed by atoms with van der Waals surface area (Å²) in [5.74, 6) is 0. The summed E-state index contributed by atoms with van der Waals surface area (Å²) >= 11 is 0. The molecule has 3 nitrogen and oxygen atoms in total. The van der Waals surface area contributed by atoms with E-state index in [2.05, 4.69) is 43.0 Å². The molecule has 1 heterocycles. The van der Waals surface area contributed by atoms with Gasteiger partial charge >= 0.3 is 0 Å². The second-order valence-electron chi connectivity index (χ2n) is 5.28. The third-order valence-electron chi connectivity index (χ3n) is 2.74. The molecule has 0 aliphatic heterocycles. The summed E-state index contributed by atoms with van der Waals surface area (Å²) in [5, 5.41) is 3.60. The smallest absolute Gasteiger partial charge is 0.115 e. The molecule has 0 saturated heterocycles. The van der Waals surface area contributed by atoms with Crippen molar-refractivity contribution in [3.63, 3.8) is 0 Å². The third-order valence-corrected chi connectivity index (χ3v) is 2.74. The van der Waals surface area contributed by atoms with E-state index in [-0.39, 0.29) is 5.41 Å². The fourth-order valence-electron chi connectivity index (χ4n) is 1.65. The molecular weight excluding hydrogens is 198 g/mol. The summed E-state index contributed by atoms with van der Waals surface area (Å²) in [6.07, 6.45) is 5.55. The van der Waals surface area contributed by atoms with E-state index < -0.39 is 0 Å². The summed E-state index contributed by atoms with van der Waals surface area (Å²) < 4.78 is 0. The normalized spacial score (nSPS) is 13.8. The first-order chi connectivity index (χ1) is 7.54. The van der Waals surface area contributed by atoms with Crippen LogP contribution in [-0.2, 0) is 6.42 Å². The maximum absolute atomic E-state index is 4.29. The number of nitrogens with zero attached hydrogens (tertiary/aromatic N) is 2. The van der Waals surface area contributed by atoms with Crippen molar-refractivity contribution in [3.05, 3.63) is 24.3 Å². The van der Waals surface area contributed by atoms with Gasteiger partial charge in [-0.25, -0.2) is 9.97 Å². The van der Waals surface area contributed by atoms with E-state index in [9.17, 15) is 0 Å². The van der Waals surface area contributed by atoms with Crippen LogP contribution in [0.25, 0.3) is 0 Å². The number of aromatic nitrogens is 2. The molecule has 0 amide bonds. The second-order valence-corrected chi connectivity index (χ2v) is 5.28. The van der Waals surface area contributed by atoms with E-state index in [4.69, 9.17) is 0 Å². The lowest BCUT2D eigenvalue weighted by Gasteiger charge is -2.31. The molecule has 1 rings (SSSR count). The molecule has 1 aromatic rings. The van der Waals surface area contributed by atoms with Crippen molar-refractivity contribution in [3.8, 4) is 0 Å². The Hall–Kier alpha value is -0.960. The molecular formula is C13H23N3. The summed E-state index contributed by atoms with van der Waals surface area (Å²) in [7, 11) is 0. The summed E-state index contributed by atoms with van der Waals surface area (Å²) in [6.45, 7) is 10.1. The number of hydrogen-bond acceptors (Lipinski definition) is 3. The summed E-state index contributed by atoms with van der Waals surface area (Å²) in [4.78, 5) is 8.23. The van der Waals surface area contributed by atoms with Crippen molar-refractivity contribution in [2.24, 2.45) is 5.41 Å². The lowest BCUT2D eigenvalue weighted by Crippen LogP contribution is -2.42. The van der Waals surface area contributed by atoms with E-state index in [1.807, 2.05) is 12.3 Å². The number of nitrogens with one attached hydrogen (secondary N) is 1. The molecule has 1 atom stereocenters. The van der Waals surface area contributed by atoms with Gasteiger partial charge in [0.15, 0.2) is 0 Å². The van der Waals surface area contributed by atoms with Gasteiger partial charge in [-0.15, -0.1) is 0 Å². The minimum absolute atomic E-state index is 0.250.